The van der Waals surface area contributed by atoms with Crippen LogP contribution in [-0.2, 0) is 0 Å². The van der Waals surface area contributed by atoms with Gasteiger partial charge in [0.05, 0.1) is 10.9 Å². The molecule has 0 atom stereocenters. The van der Waals surface area contributed by atoms with Gasteiger partial charge >= 0.3 is 0 Å². The van der Waals surface area contributed by atoms with E-state index in [1.807, 2.05) is 13.0 Å². The second-order valence-electron chi connectivity index (χ2n) is 4.91. The predicted molar refractivity (Wildman–Crippen MR) is 82.5 cm³/mol. The van der Waals surface area contributed by atoms with Gasteiger partial charge in [-0.1, -0.05) is 11.6 Å². The van der Waals surface area contributed by atoms with Gasteiger partial charge in [0.15, 0.2) is 0 Å². The minimum atomic E-state index is -0.522. The van der Waals surface area contributed by atoms with Crippen LogP contribution in [0, 0.1) is 12.7 Å². The zero-order valence-corrected chi connectivity index (χ0v) is 11.7. The monoisotopic (exact) mass is 297 g/mol. The van der Waals surface area contributed by atoms with Gasteiger partial charge in [0, 0.05) is 12.3 Å². The van der Waals surface area contributed by atoms with E-state index in [1.165, 1.54) is 18.5 Å². The molecule has 1 heterocycles. The molecule has 2 aromatic carbocycles. The molecule has 110 valence electrons. The van der Waals surface area contributed by atoms with E-state index in [9.17, 15) is 14.3 Å². The Bertz CT molecular complexity index is 944. The van der Waals surface area contributed by atoms with E-state index in [-0.39, 0.29) is 22.4 Å². The van der Waals surface area contributed by atoms with Crippen LogP contribution >= 0.6 is 0 Å². The quantitative estimate of drug-likeness (QED) is 0.734. The number of phenols is 1. The number of aliphatic imine (C=N–C) groups is 1. The third kappa shape index (κ3) is 2.61. The van der Waals surface area contributed by atoms with Crippen molar-refractivity contribution in [2.45, 2.75) is 6.92 Å². The molecule has 0 radical (unpaired) electrons. The van der Waals surface area contributed by atoms with Crippen molar-refractivity contribution in [3.63, 3.8) is 0 Å². The highest BCUT2D eigenvalue weighted by molar-refractivity contribution is 5.88. The van der Waals surface area contributed by atoms with E-state index in [0.29, 0.717) is 11.0 Å². The molecular formula is C17H12FNO3. The van der Waals surface area contributed by atoms with Crippen LogP contribution in [0.15, 0.2) is 56.9 Å². The van der Waals surface area contributed by atoms with Gasteiger partial charge in [0.2, 0.25) is 5.43 Å². The molecule has 3 rings (SSSR count). The van der Waals surface area contributed by atoms with Crippen molar-refractivity contribution in [3.8, 4) is 5.75 Å². The summed E-state index contributed by atoms with van der Waals surface area (Å²) in [5.74, 6) is -0.690. The summed E-state index contributed by atoms with van der Waals surface area (Å²) in [6.45, 7) is 1.88. The number of hydrogen-bond donors (Lipinski definition) is 1. The first-order valence-electron chi connectivity index (χ1n) is 6.59. The Labute approximate surface area is 125 Å². The van der Waals surface area contributed by atoms with Crippen LogP contribution in [0.4, 0.5) is 10.1 Å². The normalized spacial score (nSPS) is 11.4. The van der Waals surface area contributed by atoms with E-state index in [1.54, 1.807) is 12.1 Å². The van der Waals surface area contributed by atoms with E-state index in [2.05, 4.69) is 4.99 Å². The molecular weight excluding hydrogens is 285 g/mol. The molecule has 0 saturated carbocycles. The first-order valence-corrected chi connectivity index (χ1v) is 6.59. The summed E-state index contributed by atoms with van der Waals surface area (Å²) in [7, 11) is 0. The van der Waals surface area contributed by atoms with Gasteiger partial charge in [-0.2, -0.15) is 0 Å². The second-order valence-corrected chi connectivity index (χ2v) is 4.91. The number of nitrogens with zero attached hydrogens (tertiary/aromatic N) is 1. The summed E-state index contributed by atoms with van der Waals surface area (Å²) in [6, 6.07) is 8.72. The van der Waals surface area contributed by atoms with Gasteiger partial charge in [-0.05, 0) is 31.2 Å². The fraction of sp³-hybridized carbons (Fsp3) is 0.0588. The third-order valence-corrected chi connectivity index (χ3v) is 3.23. The molecule has 5 heteroatoms. The van der Waals surface area contributed by atoms with Crippen molar-refractivity contribution in [2.75, 3.05) is 0 Å². The summed E-state index contributed by atoms with van der Waals surface area (Å²) in [6.07, 6.45) is 2.54. The van der Waals surface area contributed by atoms with Gasteiger partial charge in [-0.3, -0.25) is 9.79 Å². The minimum Gasteiger partial charge on any atom is -0.506 e. The highest BCUT2D eigenvalue weighted by Gasteiger charge is 2.06. The fourth-order valence-corrected chi connectivity index (χ4v) is 2.09. The Kier molecular flexibility index (Phi) is 3.47. The number of hydrogen-bond acceptors (Lipinski definition) is 4. The lowest BCUT2D eigenvalue weighted by Gasteiger charge is -2.00. The predicted octanol–water partition coefficient (Wildman–Crippen LogP) is 3.70. The smallest absolute Gasteiger partial charge is 0.201 e. The molecule has 0 unspecified atom stereocenters. The Morgan fingerprint density at radius 3 is 2.86 bits per heavy atom. The van der Waals surface area contributed by atoms with Gasteiger partial charge in [-0.15, -0.1) is 0 Å². The molecule has 0 bridgehead atoms. The molecule has 3 aromatic rings. The molecule has 4 nitrogen and oxygen atoms in total. The average Bonchev–Trinajstić information content (AvgIpc) is 2.50. The SMILES string of the molecule is Cc1ccc2occ(C=Nc3cc(F)ccc3O)c(=O)c2c1. The third-order valence-electron chi connectivity index (χ3n) is 3.23. The first kappa shape index (κ1) is 14.0. The Morgan fingerprint density at radius 1 is 1.23 bits per heavy atom. The van der Waals surface area contributed by atoms with E-state index in [0.717, 1.165) is 17.7 Å². The molecule has 1 N–H and O–H groups in total. The Balaban J connectivity index is 2.07. The minimum absolute atomic E-state index is 0.0451. The second kappa shape index (κ2) is 5.44. The van der Waals surface area contributed by atoms with Crippen molar-refractivity contribution >= 4 is 22.9 Å². The summed E-state index contributed by atoms with van der Waals surface area (Å²) in [5, 5.41) is 10.1. The lowest BCUT2D eigenvalue weighted by Crippen LogP contribution is -2.07. The van der Waals surface area contributed by atoms with Crippen LogP contribution in [0.1, 0.15) is 11.1 Å². The number of rotatable bonds is 2. The summed E-state index contributed by atoms with van der Waals surface area (Å²) >= 11 is 0. The highest BCUT2D eigenvalue weighted by Crippen LogP contribution is 2.26. The molecule has 0 spiro atoms. The van der Waals surface area contributed by atoms with Gasteiger partial charge in [-0.25, -0.2) is 4.39 Å². The van der Waals surface area contributed by atoms with Crippen molar-refractivity contribution < 1.29 is 13.9 Å². The first-order chi connectivity index (χ1) is 10.5. The number of halogens is 1. The molecule has 0 amide bonds. The maximum atomic E-state index is 13.1. The van der Waals surface area contributed by atoms with Crippen molar-refractivity contribution in [3.05, 3.63) is 69.8 Å². The van der Waals surface area contributed by atoms with Crippen molar-refractivity contribution in [1.82, 2.24) is 0 Å². The van der Waals surface area contributed by atoms with Crippen LogP contribution in [0.2, 0.25) is 0 Å². The molecule has 0 aliphatic heterocycles. The van der Waals surface area contributed by atoms with E-state index < -0.39 is 5.82 Å². The van der Waals surface area contributed by atoms with Crippen LogP contribution < -0.4 is 5.43 Å². The van der Waals surface area contributed by atoms with Crippen LogP contribution in [0.5, 0.6) is 5.75 Å². The zero-order valence-electron chi connectivity index (χ0n) is 11.7. The average molecular weight is 297 g/mol. The molecule has 0 fully saturated rings. The van der Waals surface area contributed by atoms with Gasteiger partial charge in [0.25, 0.3) is 0 Å². The number of phenolic OH excluding ortho intramolecular Hbond substituents is 1. The fourth-order valence-electron chi connectivity index (χ4n) is 2.09. The number of benzene rings is 2. The summed E-state index contributed by atoms with van der Waals surface area (Å²) < 4.78 is 18.5. The molecule has 0 aliphatic rings. The largest absolute Gasteiger partial charge is 0.506 e. The maximum Gasteiger partial charge on any atom is 0.201 e. The molecule has 1 aromatic heterocycles. The lowest BCUT2D eigenvalue weighted by molar-refractivity contribution is 0.475. The maximum absolute atomic E-state index is 13.1. The van der Waals surface area contributed by atoms with Gasteiger partial charge in [0.1, 0.15) is 29.1 Å². The number of fused-ring (bicyclic) bond motifs is 1. The summed E-state index contributed by atoms with van der Waals surface area (Å²) in [4.78, 5) is 16.3. The molecule has 0 saturated heterocycles. The van der Waals surface area contributed by atoms with Crippen LogP contribution in [-0.4, -0.2) is 11.3 Å². The topological polar surface area (TPSA) is 62.8 Å². The highest BCUT2D eigenvalue weighted by atomic mass is 19.1. The molecule has 22 heavy (non-hydrogen) atoms. The standard InChI is InChI=1S/C17H12FNO3/c1-10-2-5-16-13(6-10)17(21)11(9-22-16)8-19-14-7-12(18)3-4-15(14)20/h2-9,20H,1H3. The Hall–Kier alpha value is -2.95. The van der Waals surface area contributed by atoms with Crippen molar-refractivity contribution in [2.24, 2.45) is 4.99 Å². The zero-order chi connectivity index (χ0) is 15.7. The van der Waals surface area contributed by atoms with Crippen LogP contribution in [0.3, 0.4) is 0 Å². The van der Waals surface area contributed by atoms with E-state index in [4.69, 9.17) is 4.42 Å². The van der Waals surface area contributed by atoms with Crippen molar-refractivity contribution in [1.29, 1.82) is 0 Å². The van der Waals surface area contributed by atoms with Gasteiger partial charge < -0.3 is 9.52 Å². The lowest BCUT2D eigenvalue weighted by atomic mass is 10.1. The number of aryl methyl sites for hydroxylation is 1. The van der Waals surface area contributed by atoms with Crippen LogP contribution in [0.25, 0.3) is 11.0 Å². The summed E-state index contributed by atoms with van der Waals surface area (Å²) in [5.41, 5.74) is 1.47. The Morgan fingerprint density at radius 2 is 2.05 bits per heavy atom. The van der Waals surface area contributed by atoms with E-state index >= 15 is 0 Å². The molecule has 0 aliphatic carbocycles. The number of aromatic hydroxyl groups is 1.